The lowest BCUT2D eigenvalue weighted by Gasteiger charge is -2.13. The Morgan fingerprint density at radius 1 is 1.46 bits per heavy atom. The van der Waals surface area contributed by atoms with Crippen LogP contribution in [-0.4, -0.2) is 36.9 Å². The van der Waals surface area contributed by atoms with Crippen LogP contribution in [0.4, 0.5) is 0 Å². The number of nitrogens with one attached hydrogen (secondary N) is 1. The topological polar surface area (TPSA) is 69.8 Å². The van der Waals surface area contributed by atoms with Crippen LogP contribution in [0.1, 0.15) is 20.8 Å². The monoisotopic (exact) mass is 211 g/mol. The van der Waals surface area contributed by atoms with Crippen molar-refractivity contribution in [1.29, 1.82) is 0 Å². The molecule has 5 heteroatoms. The van der Waals surface area contributed by atoms with Crippen LogP contribution < -0.4 is 5.32 Å². The van der Waals surface area contributed by atoms with Crippen molar-refractivity contribution in [2.75, 3.05) is 20.7 Å². The summed E-state index contributed by atoms with van der Waals surface area (Å²) in [6, 6.07) is 0. The molecule has 0 rings (SSSR count). The number of hydrogen-bond acceptors (Lipinski definition) is 4. The number of rotatable bonds is 2. The van der Waals surface area contributed by atoms with Gasteiger partial charge in [-0.25, -0.2) is 0 Å². The second-order valence-corrected chi connectivity index (χ2v) is 3.90. The van der Waals surface area contributed by atoms with Gasteiger partial charge >= 0.3 is 5.97 Å². The predicted molar refractivity (Wildman–Crippen MR) is 58.3 cm³/mol. The molecule has 0 spiro atoms. The van der Waals surface area contributed by atoms with Crippen LogP contribution in [0.2, 0.25) is 0 Å². The fraction of sp³-hybridized carbons (Fsp3) is 0.875. The number of esters is 1. The second kappa shape index (κ2) is 9.83. The summed E-state index contributed by atoms with van der Waals surface area (Å²) in [5, 5.41) is 2.75. The smallest absolute Gasteiger partial charge is 0.321 e. The molecule has 0 aliphatic rings. The third kappa shape index (κ3) is 14.6. The molecule has 0 fully saturated rings. The zero-order valence-corrected chi connectivity index (χ0v) is 9.87. The van der Waals surface area contributed by atoms with Gasteiger partial charge in [0.2, 0.25) is 0 Å². The second-order valence-electron chi connectivity index (χ2n) is 2.78. The van der Waals surface area contributed by atoms with Gasteiger partial charge in [-0.1, -0.05) is 0 Å². The number of carbonyl (C=O) groups is 1. The van der Waals surface area contributed by atoms with Crippen molar-refractivity contribution in [3.63, 3.8) is 0 Å². The maximum absolute atomic E-state index is 10.8. The molecule has 0 saturated heterocycles. The maximum Gasteiger partial charge on any atom is 0.321 e. The molecule has 3 N–H and O–H groups in total. The lowest BCUT2D eigenvalue weighted by molar-refractivity contribution is -0.145. The third-order valence-corrected chi connectivity index (χ3v) is 0.958. The minimum Gasteiger partial charge on any atom is -0.465 e. The van der Waals surface area contributed by atoms with E-state index in [9.17, 15) is 4.79 Å². The van der Waals surface area contributed by atoms with Crippen LogP contribution in [0, 0.1) is 0 Å². The standard InChI is InChI=1S/C6H12O2S.C2H7N.H2O/c1-4-8-5(7)6(2,3)9;1-3-2;/h9H,4H2,1-3H3;3H,1-2H3;1H2. The van der Waals surface area contributed by atoms with Crippen molar-refractivity contribution in [2.24, 2.45) is 0 Å². The minimum atomic E-state index is -0.657. The van der Waals surface area contributed by atoms with E-state index in [1.807, 2.05) is 14.1 Å². The number of hydrogen-bond donors (Lipinski definition) is 2. The zero-order chi connectivity index (χ0) is 10.2. The summed E-state index contributed by atoms with van der Waals surface area (Å²) in [5.74, 6) is -0.270. The molecule has 0 atom stereocenters. The van der Waals surface area contributed by atoms with Crippen molar-refractivity contribution in [3.8, 4) is 0 Å². The van der Waals surface area contributed by atoms with Crippen LogP contribution in [0.5, 0.6) is 0 Å². The van der Waals surface area contributed by atoms with Crippen LogP contribution in [-0.2, 0) is 9.53 Å². The highest BCUT2D eigenvalue weighted by atomic mass is 32.1. The number of ether oxygens (including phenoxy) is 1. The molecular formula is C8H21NO3S. The third-order valence-electron chi connectivity index (χ3n) is 0.775. The van der Waals surface area contributed by atoms with Gasteiger partial charge in [-0.15, -0.1) is 0 Å². The fourth-order valence-corrected chi connectivity index (χ4v) is 0.372. The zero-order valence-electron chi connectivity index (χ0n) is 8.97. The first-order valence-electron chi connectivity index (χ1n) is 3.88. The number of carbonyl (C=O) groups excluding carboxylic acids is 1. The maximum atomic E-state index is 10.8. The van der Waals surface area contributed by atoms with Crippen molar-refractivity contribution in [2.45, 2.75) is 25.5 Å². The summed E-state index contributed by atoms with van der Waals surface area (Å²) >= 11 is 4.01. The molecule has 13 heavy (non-hydrogen) atoms. The van der Waals surface area contributed by atoms with Gasteiger partial charge in [0.1, 0.15) is 4.75 Å². The molecular weight excluding hydrogens is 190 g/mol. The van der Waals surface area contributed by atoms with Crippen molar-refractivity contribution in [1.82, 2.24) is 5.32 Å². The van der Waals surface area contributed by atoms with Gasteiger partial charge in [-0.2, -0.15) is 12.6 Å². The summed E-state index contributed by atoms with van der Waals surface area (Å²) in [6.45, 7) is 5.60. The SMILES string of the molecule is CCOC(=O)C(C)(C)S.CNC.O. The molecule has 82 valence electrons. The van der Waals surface area contributed by atoms with E-state index in [0.29, 0.717) is 6.61 Å². The molecule has 0 heterocycles. The van der Waals surface area contributed by atoms with Gasteiger partial charge in [0.15, 0.2) is 0 Å². The minimum absolute atomic E-state index is 0. The Morgan fingerprint density at radius 3 is 1.85 bits per heavy atom. The molecule has 0 aromatic heterocycles. The van der Waals surface area contributed by atoms with Gasteiger partial charge < -0.3 is 15.5 Å². The highest BCUT2D eigenvalue weighted by molar-refractivity contribution is 7.82. The quantitative estimate of drug-likeness (QED) is 0.509. The number of thiol groups is 1. The largest absolute Gasteiger partial charge is 0.465 e. The first-order chi connectivity index (χ1) is 5.40. The van der Waals surface area contributed by atoms with E-state index >= 15 is 0 Å². The van der Waals surface area contributed by atoms with Crippen molar-refractivity contribution in [3.05, 3.63) is 0 Å². The normalized spacial score (nSPS) is 9.08. The van der Waals surface area contributed by atoms with Gasteiger partial charge in [-0.3, -0.25) is 4.79 Å². The molecule has 0 aliphatic carbocycles. The molecule has 0 saturated carbocycles. The molecule has 0 bridgehead atoms. The van der Waals surface area contributed by atoms with E-state index in [1.54, 1.807) is 20.8 Å². The molecule has 4 nitrogen and oxygen atoms in total. The van der Waals surface area contributed by atoms with Crippen molar-refractivity contribution < 1.29 is 15.0 Å². The van der Waals surface area contributed by atoms with Crippen LogP contribution in [0.15, 0.2) is 0 Å². The summed E-state index contributed by atoms with van der Waals surface area (Å²) in [5.41, 5.74) is 0. The van der Waals surface area contributed by atoms with E-state index in [1.165, 1.54) is 0 Å². The highest BCUT2D eigenvalue weighted by Crippen LogP contribution is 2.13. The van der Waals surface area contributed by atoms with E-state index < -0.39 is 4.75 Å². The average molecular weight is 211 g/mol. The van der Waals surface area contributed by atoms with Gasteiger partial charge in [0.25, 0.3) is 0 Å². The lowest BCUT2D eigenvalue weighted by Crippen LogP contribution is -2.27. The Labute approximate surface area is 85.8 Å². The molecule has 0 aromatic rings. The fourth-order valence-electron chi connectivity index (χ4n) is 0.308. The van der Waals surface area contributed by atoms with E-state index in [-0.39, 0.29) is 11.4 Å². The molecule has 0 unspecified atom stereocenters. The average Bonchev–Trinajstić information content (AvgIpc) is 1.88. The van der Waals surface area contributed by atoms with Crippen LogP contribution in [0.25, 0.3) is 0 Å². The first kappa shape index (κ1) is 18.5. The summed E-state index contributed by atoms with van der Waals surface area (Å²) < 4.78 is 4.03. The molecule has 0 aliphatic heterocycles. The Bertz CT molecular complexity index is 123. The Morgan fingerprint density at radius 2 is 1.77 bits per heavy atom. The van der Waals surface area contributed by atoms with Crippen LogP contribution in [0.3, 0.4) is 0 Å². The van der Waals surface area contributed by atoms with Gasteiger partial charge in [-0.05, 0) is 34.9 Å². The van der Waals surface area contributed by atoms with Gasteiger partial charge in [0.05, 0.1) is 6.61 Å². The van der Waals surface area contributed by atoms with E-state index in [0.717, 1.165) is 0 Å². The highest BCUT2D eigenvalue weighted by Gasteiger charge is 2.23. The summed E-state index contributed by atoms with van der Waals surface area (Å²) in [7, 11) is 3.75. The Balaban J connectivity index is -0.000000220. The Hall–Kier alpha value is -0.260. The van der Waals surface area contributed by atoms with Gasteiger partial charge in [0, 0.05) is 0 Å². The predicted octanol–water partition coefficient (Wildman–Crippen LogP) is 0.269. The van der Waals surface area contributed by atoms with E-state index in [2.05, 4.69) is 17.9 Å². The molecule has 0 aromatic carbocycles. The summed E-state index contributed by atoms with van der Waals surface area (Å²) in [4.78, 5) is 10.8. The molecule has 0 radical (unpaired) electrons. The van der Waals surface area contributed by atoms with E-state index in [4.69, 9.17) is 4.74 Å². The Kier molecular flexibility index (Phi) is 14.0. The molecule has 0 amide bonds. The van der Waals surface area contributed by atoms with Crippen molar-refractivity contribution >= 4 is 18.6 Å². The summed E-state index contributed by atoms with van der Waals surface area (Å²) in [6.07, 6.45) is 0. The first-order valence-corrected chi connectivity index (χ1v) is 4.32. The lowest BCUT2D eigenvalue weighted by atomic mass is 10.2. The van der Waals surface area contributed by atoms with Crippen LogP contribution >= 0.6 is 12.6 Å².